The first kappa shape index (κ1) is 20.3. The number of piperazine rings is 1. The Balaban J connectivity index is 0.00000225. The summed E-state index contributed by atoms with van der Waals surface area (Å²) in [5.41, 5.74) is 1.34. The van der Waals surface area contributed by atoms with Crippen LogP contribution in [0.15, 0.2) is 35.3 Å². The minimum atomic E-state index is 0. The minimum Gasteiger partial charge on any atom is -0.369 e. The molecule has 140 valence electrons. The number of aliphatic imine (C=N–C) groups is 1. The summed E-state index contributed by atoms with van der Waals surface area (Å²) >= 11 is 0. The Morgan fingerprint density at radius 3 is 2.44 bits per heavy atom. The maximum absolute atomic E-state index is 4.79. The van der Waals surface area contributed by atoms with E-state index in [-0.39, 0.29) is 24.0 Å². The zero-order valence-electron chi connectivity index (χ0n) is 15.4. The Morgan fingerprint density at radius 1 is 1.16 bits per heavy atom. The van der Waals surface area contributed by atoms with Crippen molar-refractivity contribution < 1.29 is 0 Å². The number of halogens is 1. The Morgan fingerprint density at radius 2 is 1.84 bits per heavy atom. The van der Waals surface area contributed by atoms with E-state index in [1.165, 1.54) is 18.5 Å². The third-order valence-electron chi connectivity index (χ3n) is 4.83. The predicted molar refractivity (Wildman–Crippen MR) is 117 cm³/mol. The topological polar surface area (TPSA) is 42.9 Å². The van der Waals surface area contributed by atoms with Crippen LogP contribution in [0.5, 0.6) is 0 Å². The van der Waals surface area contributed by atoms with Crippen LogP contribution >= 0.6 is 24.0 Å². The van der Waals surface area contributed by atoms with Crippen molar-refractivity contribution in [2.24, 2.45) is 4.99 Å². The lowest BCUT2D eigenvalue weighted by atomic mass is 10.2. The van der Waals surface area contributed by atoms with Crippen LogP contribution < -0.4 is 15.5 Å². The monoisotopic (exact) mass is 457 g/mol. The van der Waals surface area contributed by atoms with Gasteiger partial charge in [0.1, 0.15) is 0 Å². The lowest BCUT2D eigenvalue weighted by Gasteiger charge is -2.38. The van der Waals surface area contributed by atoms with E-state index in [4.69, 9.17) is 4.99 Å². The summed E-state index contributed by atoms with van der Waals surface area (Å²) < 4.78 is 0. The average molecular weight is 457 g/mol. The molecule has 2 N–H and O–H groups in total. The second-order valence-electron chi connectivity index (χ2n) is 6.85. The Kier molecular flexibility index (Phi) is 8.29. The molecule has 3 rings (SSSR count). The van der Waals surface area contributed by atoms with Crippen LogP contribution in [0.1, 0.15) is 26.7 Å². The molecule has 1 aromatic carbocycles. The lowest BCUT2D eigenvalue weighted by Crippen LogP contribution is -2.50. The minimum absolute atomic E-state index is 0. The van der Waals surface area contributed by atoms with Crippen molar-refractivity contribution in [3.05, 3.63) is 30.3 Å². The largest absolute Gasteiger partial charge is 0.369 e. The number of nitrogens with zero attached hydrogens (tertiary/aromatic N) is 3. The summed E-state index contributed by atoms with van der Waals surface area (Å²) in [6.07, 6.45) is 2.56. The molecule has 2 aliphatic rings. The molecule has 0 radical (unpaired) electrons. The summed E-state index contributed by atoms with van der Waals surface area (Å²) in [6.45, 7) is 10.6. The quantitative estimate of drug-likeness (QED) is 0.392. The van der Waals surface area contributed by atoms with Crippen LogP contribution in [0.4, 0.5) is 5.69 Å². The highest BCUT2D eigenvalue weighted by Gasteiger charge is 2.23. The maximum atomic E-state index is 4.79. The third-order valence-corrected chi connectivity index (χ3v) is 4.83. The van der Waals surface area contributed by atoms with E-state index in [2.05, 4.69) is 64.6 Å². The number of benzene rings is 1. The van der Waals surface area contributed by atoms with Crippen molar-refractivity contribution in [3.8, 4) is 0 Å². The molecule has 2 fully saturated rings. The van der Waals surface area contributed by atoms with E-state index in [0.717, 1.165) is 45.2 Å². The molecule has 0 bridgehead atoms. The van der Waals surface area contributed by atoms with Gasteiger partial charge >= 0.3 is 0 Å². The molecule has 0 aromatic heterocycles. The molecule has 1 saturated carbocycles. The SMILES string of the molecule is CCNC(=NCC(C)N1CCN(c2ccccc2)CC1)NC1CC1.I. The van der Waals surface area contributed by atoms with Gasteiger partial charge in [0.15, 0.2) is 5.96 Å². The molecule has 1 aliphatic carbocycles. The van der Waals surface area contributed by atoms with Gasteiger partial charge in [-0.15, -0.1) is 24.0 Å². The van der Waals surface area contributed by atoms with Gasteiger partial charge in [0.05, 0.1) is 6.54 Å². The van der Waals surface area contributed by atoms with Crippen molar-refractivity contribution >= 4 is 35.6 Å². The molecule has 6 heteroatoms. The summed E-state index contributed by atoms with van der Waals surface area (Å²) in [4.78, 5) is 9.82. The highest BCUT2D eigenvalue weighted by atomic mass is 127. The fourth-order valence-corrected chi connectivity index (χ4v) is 3.14. The summed E-state index contributed by atoms with van der Waals surface area (Å²) in [6, 6.07) is 11.9. The first-order chi connectivity index (χ1) is 11.8. The van der Waals surface area contributed by atoms with Gasteiger partial charge in [-0.2, -0.15) is 0 Å². The number of nitrogens with one attached hydrogen (secondary N) is 2. The van der Waals surface area contributed by atoms with Gasteiger partial charge < -0.3 is 15.5 Å². The van der Waals surface area contributed by atoms with Gasteiger partial charge in [-0.05, 0) is 38.8 Å². The molecule has 0 amide bonds. The highest BCUT2D eigenvalue weighted by Crippen LogP contribution is 2.18. The third kappa shape index (κ3) is 6.33. The van der Waals surface area contributed by atoms with E-state index < -0.39 is 0 Å². The van der Waals surface area contributed by atoms with E-state index in [1.807, 2.05) is 0 Å². The summed E-state index contributed by atoms with van der Waals surface area (Å²) in [7, 11) is 0. The Labute approximate surface area is 169 Å². The number of anilines is 1. The molecule has 1 unspecified atom stereocenters. The molecule has 5 nitrogen and oxygen atoms in total. The Bertz CT molecular complexity index is 524. The summed E-state index contributed by atoms with van der Waals surface area (Å²) in [5, 5.41) is 6.84. The van der Waals surface area contributed by atoms with Crippen molar-refractivity contribution in [2.45, 2.75) is 38.8 Å². The first-order valence-corrected chi connectivity index (χ1v) is 9.35. The van der Waals surface area contributed by atoms with Gasteiger partial charge in [0.2, 0.25) is 0 Å². The molecule has 1 aromatic rings. The zero-order valence-corrected chi connectivity index (χ0v) is 17.8. The van der Waals surface area contributed by atoms with Crippen molar-refractivity contribution in [3.63, 3.8) is 0 Å². The van der Waals surface area contributed by atoms with Crippen molar-refractivity contribution in [1.29, 1.82) is 0 Å². The fraction of sp³-hybridized carbons (Fsp3) is 0.632. The van der Waals surface area contributed by atoms with Gasteiger partial charge in [-0.1, -0.05) is 18.2 Å². The standard InChI is InChI=1S/C19H31N5.HI/c1-3-20-19(22-17-9-10-17)21-15-16(2)23-11-13-24(14-12-23)18-7-5-4-6-8-18;/h4-8,16-17H,3,9-15H2,1-2H3,(H2,20,21,22);1H. The molecule has 25 heavy (non-hydrogen) atoms. The fourth-order valence-electron chi connectivity index (χ4n) is 3.14. The molecule has 1 atom stereocenters. The van der Waals surface area contributed by atoms with Crippen LogP contribution in [0.3, 0.4) is 0 Å². The second-order valence-corrected chi connectivity index (χ2v) is 6.85. The number of guanidine groups is 1. The second kappa shape index (κ2) is 10.2. The van der Waals surface area contributed by atoms with Gasteiger partial charge in [0, 0.05) is 50.5 Å². The average Bonchev–Trinajstić information content (AvgIpc) is 3.44. The van der Waals surface area contributed by atoms with Crippen molar-refractivity contribution in [2.75, 3.05) is 44.2 Å². The van der Waals surface area contributed by atoms with E-state index in [1.54, 1.807) is 0 Å². The number of rotatable bonds is 6. The van der Waals surface area contributed by atoms with E-state index in [0.29, 0.717) is 12.1 Å². The smallest absolute Gasteiger partial charge is 0.191 e. The van der Waals surface area contributed by atoms with Gasteiger partial charge in [-0.3, -0.25) is 9.89 Å². The van der Waals surface area contributed by atoms with Gasteiger partial charge in [0.25, 0.3) is 0 Å². The first-order valence-electron chi connectivity index (χ1n) is 9.35. The maximum Gasteiger partial charge on any atom is 0.191 e. The molecular weight excluding hydrogens is 425 g/mol. The summed E-state index contributed by atoms with van der Waals surface area (Å²) in [5.74, 6) is 0.981. The normalized spacial score (nSPS) is 19.9. The zero-order chi connectivity index (χ0) is 16.8. The van der Waals surface area contributed by atoms with Gasteiger partial charge in [-0.25, -0.2) is 0 Å². The number of hydrogen-bond acceptors (Lipinski definition) is 3. The molecule has 1 heterocycles. The van der Waals surface area contributed by atoms with Crippen LogP contribution in [0.25, 0.3) is 0 Å². The van der Waals surface area contributed by atoms with Crippen LogP contribution in [0, 0.1) is 0 Å². The predicted octanol–water partition coefficient (Wildman–Crippen LogP) is 2.53. The number of hydrogen-bond donors (Lipinski definition) is 2. The lowest BCUT2D eigenvalue weighted by molar-refractivity contribution is 0.201. The molecule has 1 aliphatic heterocycles. The van der Waals surface area contributed by atoms with Crippen molar-refractivity contribution in [1.82, 2.24) is 15.5 Å². The van der Waals surface area contributed by atoms with E-state index in [9.17, 15) is 0 Å². The van der Waals surface area contributed by atoms with E-state index >= 15 is 0 Å². The van der Waals surface area contributed by atoms with Crippen LogP contribution in [-0.2, 0) is 0 Å². The number of para-hydroxylation sites is 1. The highest BCUT2D eigenvalue weighted by molar-refractivity contribution is 14.0. The Hall–Kier alpha value is -1.02. The van der Waals surface area contributed by atoms with Crippen LogP contribution in [-0.4, -0.2) is 62.2 Å². The molecule has 0 spiro atoms. The molecule has 1 saturated heterocycles. The molecular formula is C19H32IN5. The van der Waals surface area contributed by atoms with Crippen LogP contribution in [0.2, 0.25) is 0 Å².